The zero-order valence-electron chi connectivity index (χ0n) is 12.6. The van der Waals surface area contributed by atoms with E-state index in [2.05, 4.69) is 4.98 Å². The molecule has 0 saturated carbocycles. The molecule has 1 aromatic rings. The quantitative estimate of drug-likeness (QED) is 0.896. The van der Waals surface area contributed by atoms with Crippen LogP contribution in [-0.4, -0.2) is 34.5 Å². The molecule has 2 N–H and O–H groups in total. The molecule has 0 spiro atoms. The Hall–Kier alpha value is -1.62. The van der Waals surface area contributed by atoms with Crippen LogP contribution in [0.4, 0.5) is 0 Å². The number of likely N-dealkylation sites (tertiary alicyclic amines) is 1. The highest BCUT2D eigenvalue weighted by Gasteiger charge is 2.40. The Morgan fingerprint density at radius 2 is 2.10 bits per heavy atom. The lowest BCUT2D eigenvalue weighted by Crippen LogP contribution is -2.56. The van der Waals surface area contributed by atoms with Crippen molar-refractivity contribution in [2.24, 2.45) is 5.73 Å². The third-order valence-corrected chi connectivity index (χ3v) is 3.68. The molecule has 2 heterocycles. The van der Waals surface area contributed by atoms with Gasteiger partial charge in [-0.05, 0) is 38.8 Å². The van der Waals surface area contributed by atoms with Gasteiger partial charge in [0, 0.05) is 30.3 Å². The molecule has 5 heteroatoms. The highest BCUT2D eigenvalue weighted by molar-refractivity contribution is 5.78. The zero-order valence-corrected chi connectivity index (χ0v) is 12.6. The molecular formula is C15H23N3O2. The molecule has 1 aliphatic heterocycles. The van der Waals surface area contributed by atoms with Crippen LogP contribution in [0.2, 0.25) is 0 Å². The van der Waals surface area contributed by atoms with Crippen LogP contribution in [0.15, 0.2) is 18.3 Å². The van der Waals surface area contributed by atoms with E-state index in [1.807, 2.05) is 37.8 Å². The predicted molar refractivity (Wildman–Crippen MR) is 77.3 cm³/mol. The predicted octanol–water partition coefficient (Wildman–Crippen LogP) is 1.88. The van der Waals surface area contributed by atoms with Gasteiger partial charge in [0.2, 0.25) is 11.8 Å². The maximum Gasteiger partial charge on any atom is 0.223 e. The average Bonchev–Trinajstić information content (AvgIpc) is 2.40. The minimum atomic E-state index is -0.264. The number of aromatic nitrogens is 1. The van der Waals surface area contributed by atoms with Crippen molar-refractivity contribution in [1.82, 2.24) is 9.88 Å². The Bertz CT molecular complexity index is 479. The fraction of sp³-hybridized carbons (Fsp3) is 0.600. The van der Waals surface area contributed by atoms with Gasteiger partial charge in [-0.1, -0.05) is 0 Å². The van der Waals surface area contributed by atoms with Crippen LogP contribution in [-0.2, 0) is 4.79 Å². The topological polar surface area (TPSA) is 68.5 Å². The number of amides is 1. The largest absolute Gasteiger partial charge is 0.481 e. The Labute approximate surface area is 120 Å². The lowest BCUT2D eigenvalue weighted by molar-refractivity contribution is -0.144. The van der Waals surface area contributed by atoms with E-state index in [1.165, 1.54) is 0 Å². The first-order valence-corrected chi connectivity index (χ1v) is 6.92. The first-order valence-electron chi connectivity index (χ1n) is 6.92. The van der Waals surface area contributed by atoms with E-state index in [0.717, 1.165) is 5.56 Å². The lowest BCUT2D eigenvalue weighted by Gasteiger charge is -2.47. The van der Waals surface area contributed by atoms with Gasteiger partial charge in [0.05, 0.1) is 13.2 Å². The lowest BCUT2D eigenvalue weighted by atomic mass is 9.87. The number of rotatable bonds is 2. The molecule has 1 fully saturated rings. The number of piperidine rings is 1. The smallest absolute Gasteiger partial charge is 0.223 e. The second-order valence-electron chi connectivity index (χ2n) is 6.22. The first-order chi connectivity index (χ1) is 9.34. The summed E-state index contributed by atoms with van der Waals surface area (Å²) in [6, 6.07) is 3.55. The summed E-state index contributed by atoms with van der Waals surface area (Å²) in [5.74, 6) is 0.715. The van der Waals surface area contributed by atoms with Crippen molar-refractivity contribution in [2.75, 3.05) is 7.11 Å². The normalized spacial score (nSPS) is 23.9. The van der Waals surface area contributed by atoms with Crippen molar-refractivity contribution in [3.63, 3.8) is 0 Å². The van der Waals surface area contributed by atoms with E-state index in [-0.39, 0.29) is 23.5 Å². The van der Waals surface area contributed by atoms with Crippen molar-refractivity contribution in [3.8, 4) is 5.88 Å². The molecule has 110 valence electrons. The maximum absolute atomic E-state index is 12.3. The van der Waals surface area contributed by atoms with E-state index in [4.69, 9.17) is 10.5 Å². The zero-order chi connectivity index (χ0) is 14.9. The second kappa shape index (κ2) is 5.40. The second-order valence-corrected chi connectivity index (χ2v) is 6.22. The molecule has 2 atom stereocenters. The van der Waals surface area contributed by atoms with Gasteiger partial charge in [-0.3, -0.25) is 4.79 Å². The molecule has 0 radical (unpaired) electrons. The first kappa shape index (κ1) is 14.8. The molecule has 1 aromatic heterocycles. The fourth-order valence-corrected chi connectivity index (χ4v) is 2.79. The van der Waals surface area contributed by atoms with E-state index in [0.29, 0.717) is 18.7 Å². The van der Waals surface area contributed by atoms with Crippen molar-refractivity contribution in [3.05, 3.63) is 23.9 Å². The minimum Gasteiger partial charge on any atom is -0.481 e. The van der Waals surface area contributed by atoms with Crippen molar-refractivity contribution in [2.45, 2.75) is 51.2 Å². The van der Waals surface area contributed by atoms with Crippen LogP contribution in [0, 0.1) is 0 Å². The number of ether oxygens (including phenoxy) is 1. The van der Waals surface area contributed by atoms with Crippen LogP contribution < -0.4 is 10.5 Å². The van der Waals surface area contributed by atoms with Gasteiger partial charge < -0.3 is 15.4 Å². The molecule has 2 rings (SSSR count). The number of methoxy groups -OCH3 is 1. The fourth-order valence-electron chi connectivity index (χ4n) is 2.79. The highest BCUT2D eigenvalue weighted by atomic mass is 16.5. The molecule has 0 aliphatic carbocycles. The third kappa shape index (κ3) is 2.77. The summed E-state index contributed by atoms with van der Waals surface area (Å²) in [4.78, 5) is 18.4. The molecule has 0 aromatic carbocycles. The Morgan fingerprint density at radius 1 is 1.40 bits per heavy atom. The molecule has 2 unspecified atom stereocenters. The molecule has 5 nitrogen and oxygen atoms in total. The van der Waals surface area contributed by atoms with Gasteiger partial charge in [0.1, 0.15) is 0 Å². The molecule has 1 amide bonds. The van der Waals surface area contributed by atoms with E-state index >= 15 is 0 Å². The van der Waals surface area contributed by atoms with Crippen LogP contribution in [0.3, 0.4) is 0 Å². The van der Waals surface area contributed by atoms with Crippen LogP contribution in [0.5, 0.6) is 5.88 Å². The van der Waals surface area contributed by atoms with Crippen LogP contribution >= 0.6 is 0 Å². The van der Waals surface area contributed by atoms with Gasteiger partial charge in [-0.25, -0.2) is 4.98 Å². The van der Waals surface area contributed by atoms with Crippen molar-refractivity contribution in [1.29, 1.82) is 0 Å². The summed E-state index contributed by atoms with van der Waals surface area (Å²) in [7, 11) is 1.58. The monoisotopic (exact) mass is 277 g/mol. The van der Waals surface area contributed by atoms with E-state index in [1.54, 1.807) is 13.3 Å². The molecule has 1 aliphatic rings. The third-order valence-electron chi connectivity index (χ3n) is 3.68. The van der Waals surface area contributed by atoms with E-state index in [9.17, 15) is 4.79 Å². The number of hydrogen-bond acceptors (Lipinski definition) is 4. The van der Waals surface area contributed by atoms with Gasteiger partial charge in [0.25, 0.3) is 0 Å². The molecular weight excluding hydrogens is 254 g/mol. The minimum absolute atomic E-state index is 0.0675. The van der Waals surface area contributed by atoms with Crippen molar-refractivity contribution < 1.29 is 9.53 Å². The number of nitrogens with zero attached hydrogens (tertiary/aromatic N) is 2. The molecule has 0 bridgehead atoms. The SMILES string of the molecule is COc1ccc(C2C(N)CCC(=O)N2C(C)(C)C)cn1. The number of carbonyl (C=O) groups excluding carboxylic acids is 1. The number of pyridine rings is 1. The van der Waals surface area contributed by atoms with Gasteiger partial charge in [-0.2, -0.15) is 0 Å². The Kier molecular flexibility index (Phi) is 3.99. The summed E-state index contributed by atoms with van der Waals surface area (Å²) in [5, 5.41) is 0. The number of carbonyl (C=O) groups is 1. The van der Waals surface area contributed by atoms with Crippen LogP contribution in [0.25, 0.3) is 0 Å². The number of nitrogens with two attached hydrogens (primary N) is 1. The number of hydrogen-bond donors (Lipinski definition) is 1. The average molecular weight is 277 g/mol. The summed E-state index contributed by atoms with van der Waals surface area (Å²) < 4.78 is 5.08. The van der Waals surface area contributed by atoms with Gasteiger partial charge >= 0.3 is 0 Å². The van der Waals surface area contributed by atoms with Crippen LogP contribution in [0.1, 0.15) is 45.2 Å². The standard InChI is InChI=1S/C15H23N3O2/c1-15(2,3)18-13(19)8-6-11(16)14(18)10-5-7-12(20-4)17-9-10/h5,7,9,11,14H,6,8,16H2,1-4H3. The maximum atomic E-state index is 12.3. The molecule has 1 saturated heterocycles. The summed E-state index contributed by atoms with van der Waals surface area (Å²) in [6.07, 6.45) is 2.97. The van der Waals surface area contributed by atoms with E-state index < -0.39 is 0 Å². The summed E-state index contributed by atoms with van der Waals surface area (Å²) in [6.45, 7) is 6.10. The Balaban J connectivity index is 2.39. The van der Waals surface area contributed by atoms with Gasteiger partial charge in [-0.15, -0.1) is 0 Å². The van der Waals surface area contributed by atoms with Gasteiger partial charge in [0.15, 0.2) is 0 Å². The highest BCUT2D eigenvalue weighted by Crippen LogP contribution is 2.36. The summed E-state index contributed by atoms with van der Waals surface area (Å²) >= 11 is 0. The van der Waals surface area contributed by atoms with Crippen molar-refractivity contribution >= 4 is 5.91 Å². The molecule has 20 heavy (non-hydrogen) atoms. The Morgan fingerprint density at radius 3 is 2.60 bits per heavy atom. The summed E-state index contributed by atoms with van der Waals surface area (Å²) in [5.41, 5.74) is 6.97.